The van der Waals surface area contributed by atoms with Crippen LogP contribution in [0.25, 0.3) is 0 Å². The van der Waals surface area contributed by atoms with E-state index in [1.807, 2.05) is 13.8 Å². The van der Waals surface area contributed by atoms with Gasteiger partial charge < -0.3 is 36.5 Å². The number of aromatic amines is 1. The number of aliphatic carboxylic acids is 1. The second-order valence-corrected chi connectivity index (χ2v) is 9.71. The summed E-state index contributed by atoms with van der Waals surface area (Å²) in [6.07, 6.45) is 4.76. The number of nitrogens with zero attached hydrogens (tertiary/aromatic N) is 2. The van der Waals surface area contributed by atoms with E-state index in [9.17, 15) is 29.4 Å². The van der Waals surface area contributed by atoms with E-state index in [1.54, 1.807) is 18.3 Å². The summed E-state index contributed by atoms with van der Waals surface area (Å²) in [5.74, 6) is -2.75. The molecule has 0 saturated carbocycles. The number of hydrogen-bond acceptors (Lipinski definition) is 7. The summed E-state index contributed by atoms with van der Waals surface area (Å²) in [5, 5.41) is 24.5. The molecule has 1 aliphatic heterocycles. The smallest absolute Gasteiger partial charge is 0.326 e. The van der Waals surface area contributed by atoms with E-state index in [0.717, 1.165) is 0 Å². The molecule has 1 aromatic heterocycles. The molecule has 7 N–H and O–H groups in total. The van der Waals surface area contributed by atoms with Crippen molar-refractivity contribution in [2.75, 3.05) is 6.54 Å². The Bertz CT molecular complexity index is 1110. The van der Waals surface area contributed by atoms with Gasteiger partial charge in [0.2, 0.25) is 17.7 Å². The third-order valence-corrected chi connectivity index (χ3v) is 6.98. The highest BCUT2D eigenvalue weighted by Crippen LogP contribution is 2.20. The van der Waals surface area contributed by atoms with Crippen molar-refractivity contribution in [2.45, 2.75) is 70.1 Å². The number of aromatic nitrogens is 2. The minimum absolute atomic E-state index is 0.00796. The zero-order valence-corrected chi connectivity index (χ0v) is 21.6. The Hall–Kier alpha value is -3.93. The number of nitrogens with one attached hydrogen (secondary N) is 3. The van der Waals surface area contributed by atoms with Crippen molar-refractivity contribution in [1.29, 1.82) is 0 Å². The van der Waals surface area contributed by atoms with Crippen LogP contribution in [-0.4, -0.2) is 79.5 Å². The SMILES string of the molecule is CCC(C)C(N)C(=O)NC(Cc1cnc[nH]1)C(=O)N1CCCC1C(=O)NC(Cc1ccc(O)cc1)C(=O)O. The standard InChI is InChI=1S/C26H36N6O6/c1-3-15(2)22(27)24(35)30-19(12-17-13-28-14-29-17)25(36)32-10-4-5-21(32)23(34)31-20(26(37)38)11-16-6-8-18(33)9-7-16/h6-9,13-15,19-22,33H,3-5,10-12,27H2,1-2H3,(H,28,29)(H,30,35)(H,31,34)(H,37,38). The van der Waals surface area contributed by atoms with Crippen LogP contribution in [-0.2, 0) is 32.0 Å². The molecular weight excluding hydrogens is 492 g/mol. The first-order valence-corrected chi connectivity index (χ1v) is 12.8. The van der Waals surface area contributed by atoms with Gasteiger partial charge in [0, 0.05) is 31.3 Å². The van der Waals surface area contributed by atoms with Gasteiger partial charge in [-0.25, -0.2) is 9.78 Å². The fourth-order valence-corrected chi connectivity index (χ4v) is 4.44. The van der Waals surface area contributed by atoms with E-state index in [0.29, 0.717) is 37.1 Å². The molecule has 38 heavy (non-hydrogen) atoms. The molecule has 5 unspecified atom stereocenters. The maximum Gasteiger partial charge on any atom is 0.326 e. The van der Waals surface area contributed by atoms with Gasteiger partial charge in [0.1, 0.15) is 23.9 Å². The molecule has 0 aliphatic carbocycles. The molecule has 12 nitrogen and oxygen atoms in total. The molecule has 206 valence electrons. The predicted octanol–water partition coefficient (Wildman–Crippen LogP) is 0.319. The molecule has 2 heterocycles. The molecule has 1 aliphatic rings. The van der Waals surface area contributed by atoms with Crippen molar-refractivity contribution >= 4 is 23.7 Å². The van der Waals surface area contributed by atoms with E-state index in [-0.39, 0.29) is 24.5 Å². The molecule has 0 radical (unpaired) electrons. The molecule has 1 fully saturated rings. The number of imidazole rings is 1. The Morgan fingerprint density at radius 1 is 1.16 bits per heavy atom. The van der Waals surface area contributed by atoms with Gasteiger partial charge in [-0.05, 0) is 36.5 Å². The van der Waals surface area contributed by atoms with Crippen LogP contribution >= 0.6 is 0 Å². The Morgan fingerprint density at radius 2 is 1.87 bits per heavy atom. The van der Waals surface area contributed by atoms with E-state index in [2.05, 4.69) is 20.6 Å². The first kappa shape index (κ1) is 28.6. The zero-order chi connectivity index (χ0) is 27.8. The molecular formula is C26H36N6O6. The van der Waals surface area contributed by atoms with Crippen LogP contribution in [0.3, 0.4) is 0 Å². The first-order valence-electron chi connectivity index (χ1n) is 12.8. The average Bonchev–Trinajstić information content (AvgIpc) is 3.60. The molecule has 3 rings (SSSR count). The number of likely N-dealkylation sites (tertiary alicyclic amines) is 1. The topological polar surface area (TPSA) is 191 Å². The number of phenolic OH excluding ortho intramolecular Hbond substituents is 1. The fraction of sp³-hybridized carbons (Fsp3) is 0.500. The van der Waals surface area contributed by atoms with Gasteiger partial charge in [-0.15, -0.1) is 0 Å². The van der Waals surface area contributed by atoms with E-state index >= 15 is 0 Å². The second kappa shape index (κ2) is 13.0. The molecule has 12 heteroatoms. The van der Waals surface area contributed by atoms with Crippen LogP contribution < -0.4 is 16.4 Å². The van der Waals surface area contributed by atoms with Gasteiger partial charge in [-0.1, -0.05) is 32.4 Å². The van der Waals surface area contributed by atoms with Crippen molar-refractivity contribution in [2.24, 2.45) is 11.7 Å². The van der Waals surface area contributed by atoms with E-state index in [4.69, 9.17) is 5.73 Å². The Balaban J connectivity index is 1.74. The number of carbonyl (C=O) groups excluding carboxylic acids is 3. The third kappa shape index (κ3) is 7.31. The van der Waals surface area contributed by atoms with Crippen molar-refractivity contribution in [1.82, 2.24) is 25.5 Å². The summed E-state index contributed by atoms with van der Waals surface area (Å²) < 4.78 is 0. The lowest BCUT2D eigenvalue weighted by Crippen LogP contribution is -2.58. The number of benzene rings is 1. The van der Waals surface area contributed by atoms with Crippen LogP contribution in [0, 0.1) is 5.92 Å². The molecule has 0 bridgehead atoms. The summed E-state index contributed by atoms with van der Waals surface area (Å²) in [6.45, 7) is 4.07. The predicted molar refractivity (Wildman–Crippen MR) is 138 cm³/mol. The minimum Gasteiger partial charge on any atom is -0.508 e. The highest BCUT2D eigenvalue weighted by Gasteiger charge is 2.39. The fourth-order valence-electron chi connectivity index (χ4n) is 4.44. The van der Waals surface area contributed by atoms with Crippen LogP contribution in [0.15, 0.2) is 36.8 Å². The van der Waals surface area contributed by atoms with Gasteiger partial charge >= 0.3 is 5.97 Å². The highest BCUT2D eigenvalue weighted by molar-refractivity contribution is 5.94. The van der Waals surface area contributed by atoms with Crippen LogP contribution in [0.4, 0.5) is 0 Å². The molecule has 5 atom stereocenters. The first-order chi connectivity index (χ1) is 18.1. The van der Waals surface area contributed by atoms with Crippen molar-refractivity contribution < 1.29 is 29.4 Å². The van der Waals surface area contributed by atoms with Gasteiger partial charge in [0.25, 0.3) is 0 Å². The number of nitrogens with two attached hydrogens (primary N) is 1. The summed E-state index contributed by atoms with van der Waals surface area (Å²) in [6, 6.07) is 2.14. The van der Waals surface area contributed by atoms with Crippen LogP contribution in [0.2, 0.25) is 0 Å². The molecule has 1 aromatic carbocycles. The van der Waals surface area contributed by atoms with Crippen LogP contribution in [0.1, 0.15) is 44.4 Å². The van der Waals surface area contributed by atoms with Gasteiger partial charge in [0.05, 0.1) is 12.4 Å². The molecule has 0 spiro atoms. The van der Waals surface area contributed by atoms with Crippen molar-refractivity contribution in [3.8, 4) is 5.75 Å². The number of aromatic hydroxyl groups is 1. The summed E-state index contributed by atoms with van der Waals surface area (Å²) in [5.41, 5.74) is 7.33. The number of H-pyrrole nitrogens is 1. The molecule has 2 aromatic rings. The number of hydrogen-bond donors (Lipinski definition) is 6. The van der Waals surface area contributed by atoms with Gasteiger partial charge in [-0.2, -0.15) is 0 Å². The Labute approximate surface area is 221 Å². The van der Waals surface area contributed by atoms with Gasteiger partial charge in [-0.3, -0.25) is 14.4 Å². The summed E-state index contributed by atoms with van der Waals surface area (Å²) in [7, 11) is 0. The van der Waals surface area contributed by atoms with Gasteiger partial charge in [0.15, 0.2) is 0 Å². The lowest BCUT2D eigenvalue weighted by molar-refractivity contribution is -0.145. The quantitative estimate of drug-likeness (QED) is 0.227. The number of rotatable bonds is 12. The zero-order valence-electron chi connectivity index (χ0n) is 21.6. The molecule has 3 amide bonds. The number of carboxylic acids is 1. The lowest BCUT2D eigenvalue weighted by Gasteiger charge is -2.30. The second-order valence-electron chi connectivity index (χ2n) is 9.71. The normalized spacial score (nSPS) is 18.3. The summed E-state index contributed by atoms with van der Waals surface area (Å²) >= 11 is 0. The maximum atomic E-state index is 13.6. The number of amides is 3. The van der Waals surface area contributed by atoms with E-state index in [1.165, 1.54) is 23.4 Å². The number of carboxylic acid groups (broad SMARTS) is 1. The Morgan fingerprint density at radius 3 is 2.47 bits per heavy atom. The van der Waals surface area contributed by atoms with Crippen LogP contribution in [0.5, 0.6) is 5.75 Å². The summed E-state index contributed by atoms with van der Waals surface area (Å²) in [4.78, 5) is 59.8. The average molecular weight is 529 g/mol. The lowest BCUT2D eigenvalue weighted by atomic mass is 9.98. The molecule has 1 saturated heterocycles. The van der Waals surface area contributed by atoms with E-state index < -0.39 is 47.9 Å². The third-order valence-electron chi connectivity index (χ3n) is 6.98. The number of phenols is 1. The largest absolute Gasteiger partial charge is 0.508 e. The number of carbonyl (C=O) groups is 4. The monoisotopic (exact) mass is 528 g/mol. The van der Waals surface area contributed by atoms with Crippen molar-refractivity contribution in [3.63, 3.8) is 0 Å². The highest BCUT2D eigenvalue weighted by atomic mass is 16.4. The minimum atomic E-state index is -1.22. The van der Waals surface area contributed by atoms with Crippen molar-refractivity contribution in [3.05, 3.63) is 48.0 Å². The maximum absolute atomic E-state index is 13.6. The Kier molecular flexibility index (Phi) is 9.83.